The van der Waals surface area contributed by atoms with Gasteiger partial charge in [0, 0.05) is 5.56 Å². The molecule has 3 nitrogen and oxygen atoms in total. The van der Waals surface area contributed by atoms with Gasteiger partial charge in [0.25, 0.3) is 0 Å². The minimum Gasteiger partial charge on any atom is -0.486 e. The Bertz CT molecular complexity index is 679. The van der Waals surface area contributed by atoms with Gasteiger partial charge in [-0.05, 0) is 42.3 Å². The van der Waals surface area contributed by atoms with Crippen molar-refractivity contribution in [2.24, 2.45) is 0 Å². The number of ether oxygens (including phenoxy) is 2. The molecule has 1 aliphatic rings. The van der Waals surface area contributed by atoms with Crippen LogP contribution in [0.3, 0.4) is 0 Å². The van der Waals surface area contributed by atoms with Crippen molar-refractivity contribution in [3.05, 3.63) is 47.0 Å². The van der Waals surface area contributed by atoms with Crippen LogP contribution in [-0.2, 0) is 0 Å². The number of carbonyl (C=O) groups excluding carboxylic acids is 1. The molecule has 4 heteroatoms. The Balaban J connectivity index is 2.01. The maximum Gasteiger partial charge on any atom is 0.161 e. The summed E-state index contributed by atoms with van der Waals surface area (Å²) in [4.78, 5) is 11.4. The lowest BCUT2D eigenvalue weighted by Gasteiger charge is -2.19. The normalized spacial score (nSPS) is 13.1. The standard InChI is InChI=1S/C16H13ClO3/c1-10(18)13-4-2-11(8-14(13)17)12-3-5-15-16(9-12)20-7-6-19-15/h2-5,8-9H,6-7H2,1H3. The topological polar surface area (TPSA) is 35.5 Å². The SMILES string of the molecule is CC(=O)c1ccc(-c2ccc3c(c2)OCCO3)cc1Cl. The molecule has 0 saturated carbocycles. The monoisotopic (exact) mass is 288 g/mol. The fraction of sp³-hybridized carbons (Fsp3) is 0.188. The smallest absolute Gasteiger partial charge is 0.161 e. The quantitative estimate of drug-likeness (QED) is 0.784. The zero-order valence-electron chi connectivity index (χ0n) is 11.0. The highest BCUT2D eigenvalue weighted by Gasteiger charge is 2.13. The summed E-state index contributed by atoms with van der Waals surface area (Å²) in [6.07, 6.45) is 0. The minimum absolute atomic E-state index is 0.0382. The molecule has 1 heterocycles. The summed E-state index contributed by atoms with van der Waals surface area (Å²) in [6, 6.07) is 11.2. The van der Waals surface area contributed by atoms with E-state index in [9.17, 15) is 4.79 Å². The Morgan fingerprint density at radius 2 is 1.65 bits per heavy atom. The molecule has 2 aromatic rings. The molecule has 0 N–H and O–H groups in total. The van der Waals surface area contributed by atoms with Crippen LogP contribution in [0.2, 0.25) is 5.02 Å². The summed E-state index contributed by atoms with van der Waals surface area (Å²) in [5.74, 6) is 1.45. The molecule has 0 atom stereocenters. The van der Waals surface area contributed by atoms with Crippen molar-refractivity contribution in [3.63, 3.8) is 0 Å². The second-order valence-electron chi connectivity index (χ2n) is 4.61. The van der Waals surface area contributed by atoms with Gasteiger partial charge < -0.3 is 9.47 Å². The van der Waals surface area contributed by atoms with Gasteiger partial charge in [-0.15, -0.1) is 0 Å². The molecule has 102 valence electrons. The number of hydrogen-bond donors (Lipinski definition) is 0. The van der Waals surface area contributed by atoms with E-state index in [0.717, 1.165) is 22.6 Å². The van der Waals surface area contributed by atoms with Gasteiger partial charge in [-0.1, -0.05) is 23.7 Å². The van der Waals surface area contributed by atoms with Crippen LogP contribution in [0.4, 0.5) is 0 Å². The van der Waals surface area contributed by atoms with Gasteiger partial charge in [-0.25, -0.2) is 0 Å². The van der Waals surface area contributed by atoms with Crippen LogP contribution in [0.25, 0.3) is 11.1 Å². The van der Waals surface area contributed by atoms with Crippen molar-refractivity contribution in [1.82, 2.24) is 0 Å². The molecular weight excluding hydrogens is 276 g/mol. The first-order chi connectivity index (χ1) is 9.65. The van der Waals surface area contributed by atoms with Gasteiger partial charge in [-0.3, -0.25) is 4.79 Å². The Hall–Kier alpha value is -2.00. The first-order valence-corrected chi connectivity index (χ1v) is 6.73. The van der Waals surface area contributed by atoms with E-state index in [4.69, 9.17) is 21.1 Å². The molecular formula is C16H13ClO3. The van der Waals surface area contributed by atoms with Crippen LogP contribution < -0.4 is 9.47 Å². The molecule has 0 aromatic heterocycles. The summed E-state index contributed by atoms with van der Waals surface area (Å²) in [5.41, 5.74) is 2.45. The molecule has 0 bridgehead atoms. The largest absolute Gasteiger partial charge is 0.486 e. The highest BCUT2D eigenvalue weighted by atomic mass is 35.5. The molecule has 0 fully saturated rings. The van der Waals surface area contributed by atoms with Gasteiger partial charge in [-0.2, -0.15) is 0 Å². The van der Waals surface area contributed by atoms with Gasteiger partial charge >= 0.3 is 0 Å². The first kappa shape index (κ1) is 13.0. The lowest BCUT2D eigenvalue weighted by molar-refractivity contribution is 0.101. The van der Waals surface area contributed by atoms with Gasteiger partial charge in [0.1, 0.15) is 13.2 Å². The number of halogens is 1. The van der Waals surface area contributed by atoms with Crippen LogP contribution in [0.1, 0.15) is 17.3 Å². The van der Waals surface area contributed by atoms with Gasteiger partial charge in [0.05, 0.1) is 5.02 Å². The number of rotatable bonds is 2. The fourth-order valence-corrected chi connectivity index (χ4v) is 2.52. The van der Waals surface area contributed by atoms with Crippen LogP contribution in [0.15, 0.2) is 36.4 Å². The van der Waals surface area contributed by atoms with Crippen molar-refractivity contribution in [1.29, 1.82) is 0 Å². The molecule has 2 aromatic carbocycles. The number of hydrogen-bond acceptors (Lipinski definition) is 3. The average molecular weight is 289 g/mol. The molecule has 0 saturated heterocycles. The minimum atomic E-state index is -0.0382. The average Bonchev–Trinajstić information content (AvgIpc) is 2.46. The summed E-state index contributed by atoms with van der Waals surface area (Å²) < 4.78 is 11.1. The van der Waals surface area contributed by atoms with Crippen molar-refractivity contribution in [2.45, 2.75) is 6.92 Å². The molecule has 20 heavy (non-hydrogen) atoms. The maximum absolute atomic E-state index is 11.4. The molecule has 0 amide bonds. The van der Waals surface area contributed by atoms with E-state index in [1.165, 1.54) is 6.92 Å². The Kier molecular flexibility index (Phi) is 3.36. The second kappa shape index (κ2) is 5.17. The summed E-state index contributed by atoms with van der Waals surface area (Å²) in [6.45, 7) is 2.64. The molecule has 0 radical (unpaired) electrons. The van der Waals surface area contributed by atoms with Crippen LogP contribution in [0.5, 0.6) is 11.5 Å². The Morgan fingerprint density at radius 1 is 1.00 bits per heavy atom. The predicted molar refractivity (Wildman–Crippen MR) is 77.9 cm³/mol. The van der Waals surface area contributed by atoms with E-state index < -0.39 is 0 Å². The zero-order chi connectivity index (χ0) is 14.1. The fourth-order valence-electron chi connectivity index (χ4n) is 2.20. The summed E-state index contributed by atoms with van der Waals surface area (Å²) in [5, 5.41) is 0.463. The molecule has 0 unspecified atom stereocenters. The van der Waals surface area contributed by atoms with E-state index in [0.29, 0.717) is 23.8 Å². The summed E-state index contributed by atoms with van der Waals surface area (Å²) >= 11 is 6.14. The van der Waals surface area contributed by atoms with E-state index in [2.05, 4.69) is 0 Å². The number of ketones is 1. The lowest BCUT2D eigenvalue weighted by Crippen LogP contribution is -2.15. The Morgan fingerprint density at radius 3 is 2.35 bits per heavy atom. The number of fused-ring (bicyclic) bond motifs is 1. The van der Waals surface area contributed by atoms with Crippen molar-refractivity contribution >= 4 is 17.4 Å². The highest BCUT2D eigenvalue weighted by molar-refractivity contribution is 6.34. The molecule has 0 aliphatic carbocycles. The van der Waals surface area contributed by atoms with Crippen molar-refractivity contribution in [3.8, 4) is 22.6 Å². The predicted octanol–water partition coefficient (Wildman–Crippen LogP) is 3.98. The maximum atomic E-state index is 11.4. The van der Waals surface area contributed by atoms with Crippen molar-refractivity contribution in [2.75, 3.05) is 13.2 Å². The molecule has 3 rings (SSSR count). The third-order valence-electron chi connectivity index (χ3n) is 3.22. The lowest BCUT2D eigenvalue weighted by atomic mass is 10.0. The molecule has 0 spiro atoms. The van der Waals surface area contributed by atoms with Crippen LogP contribution in [-0.4, -0.2) is 19.0 Å². The van der Waals surface area contributed by atoms with Crippen molar-refractivity contribution < 1.29 is 14.3 Å². The number of Topliss-reactive ketones (excluding diaryl/α,β-unsaturated/α-hetero) is 1. The highest BCUT2D eigenvalue weighted by Crippen LogP contribution is 2.35. The summed E-state index contributed by atoms with van der Waals surface area (Å²) in [7, 11) is 0. The van der Waals surface area contributed by atoms with Gasteiger partial charge in [0.2, 0.25) is 0 Å². The zero-order valence-corrected chi connectivity index (χ0v) is 11.7. The first-order valence-electron chi connectivity index (χ1n) is 6.35. The Labute approximate surface area is 122 Å². The second-order valence-corrected chi connectivity index (χ2v) is 5.02. The third kappa shape index (κ3) is 2.37. The number of benzene rings is 2. The van der Waals surface area contributed by atoms with E-state index in [-0.39, 0.29) is 5.78 Å². The van der Waals surface area contributed by atoms with E-state index in [1.807, 2.05) is 24.3 Å². The number of carbonyl (C=O) groups is 1. The van der Waals surface area contributed by atoms with Crippen LogP contribution >= 0.6 is 11.6 Å². The van der Waals surface area contributed by atoms with Gasteiger partial charge in [0.15, 0.2) is 17.3 Å². The van der Waals surface area contributed by atoms with E-state index in [1.54, 1.807) is 12.1 Å². The third-order valence-corrected chi connectivity index (χ3v) is 3.54. The molecule has 1 aliphatic heterocycles. The van der Waals surface area contributed by atoms with E-state index >= 15 is 0 Å². The van der Waals surface area contributed by atoms with Crippen LogP contribution in [0, 0.1) is 0 Å².